The van der Waals surface area contributed by atoms with Crippen LogP contribution in [0.3, 0.4) is 0 Å². The van der Waals surface area contributed by atoms with Gasteiger partial charge in [0.25, 0.3) is 0 Å². The number of aryl methyl sites for hydroxylation is 2. The van der Waals surface area contributed by atoms with Crippen molar-refractivity contribution in [1.29, 1.82) is 0 Å². The average Bonchev–Trinajstić information content (AvgIpc) is 3.01. The lowest BCUT2D eigenvalue weighted by molar-refractivity contribution is 0.361. The van der Waals surface area contributed by atoms with Gasteiger partial charge in [0, 0.05) is 23.8 Å². The van der Waals surface area contributed by atoms with Crippen molar-refractivity contribution in [2.24, 2.45) is 0 Å². The van der Waals surface area contributed by atoms with Crippen LogP contribution in [0.2, 0.25) is 0 Å². The van der Waals surface area contributed by atoms with Crippen LogP contribution in [0.25, 0.3) is 0 Å². The van der Waals surface area contributed by atoms with Crippen LogP contribution < -0.4 is 10.2 Å². The van der Waals surface area contributed by atoms with Crippen molar-refractivity contribution in [2.75, 3.05) is 11.4 Å². The van der Waals surface area contributed by atoms with E-state index >= 15 is 0 Å². The van der Waals surface area contributed by atoms with Crippen molar-refractivity contribution in [3.8, 4) is 0 Å². The lowest BCUT2D eigenvalue weighted by Crippen LogP contribution is -2.49. The Hall–Kier alpha value is -1.02. The van der Waals surface area contributed by atoms with Crippen molar-refractivity contribution >= 4 is 5.69 Å². The van der Waals surface area contributed by atoms with E-state index in [9.17, 15) is 0 Å². The second-order valence-electron chi connectivity index (χ2n) is 6.82. The molecule has 108 valence electrons. The fourth-order valence-corrected chi connectivity index (χ4v) is 4.77. The zero-order chi connectivity index (χ0) is 13.5. The summed E-state index contributed by atoms with van der Waals surface area (Å²) in [5.41, 5.74) is 4.73. The third kappa shape index (κ3) is 2.05. The van der Waals surface area contributed by atoms with Crippen LogP contribution in [-0.4, -0.2) is 24.7 Å². The van der Waals surface area contributed by atoms with E-state index in [1.807, 2.05) is 0 Å². The smallest absolute Gasteiger partial charge is 0.0374 e. The summed E-state index contributed by atoms with van der Waals surface area (Å²) in [5, 5.41) is 3.67. The second kappa shape index (κ2) is 5.07. The maximum Gasteiger partial charge on any atom is 0.0374 e. The molecule has 1 aromatic carbocycles. The van der Waals surface area contributed by atoms with E-state index < -0.39 is 0 Å². The summed E-state index contributed by atoms with van der Waals surface area (Å²) >= 11 is 0. The number of piperidine rings is 1. The molecule has 0 aromatic heterocycles. The molecule has 20 heavy (non-hydrogen) atoms. The fraction of sp³-hybridized carbons (Fsp3) is 0.667. The lowest BCUT2D eigenvalue weighted by Gasteiger charge is -2.41. The highest BCUT2D eigenvalue weighted by atomic mass is 15.2. The van der Waals surface area contributed by atoms with Gasteiger partial charge in [-0.1, -0.05) is 13.0 Å². The molecular weight excluding hydrogens is 244 g/mol. The number of hydrogen-bond acceptors (Lipinski definition) is 2. The Bertz CT molecular complexity index is 482. The SMILES string of the molecule is CCNC1CC2CCC(C1)N2c1ccc2c(c1)CCC2. The largest absolute Gasteiger partial charge is 0.365 e. The van der Waals surface area contributed by atoms with Gasteiger partial charge in [0.1, 0.15) is 0 Å². The number of rotatable bonds is 3. The van der Waals surface area contributed by atoms with Crippen LogP contribution in [0, 0.1) is 0 Å². The van der Waals surface area contributed by atoms with Crippen LogP contribution in [0.4, 0.5) is 5.69 Å². The third-order valence-corrected chi connectivity index (χ3v) is 5.61. The van der Waals surface area contributed by atoms with Gasteiger partial charge in [0.05, 0.1) is 0 Å². The molecule has 2 fully saturated rings. The molecular formula is C18H26N2. The normalized spacial score (nSPS) is 31.6. The minimum atomic E-state index is 0.753. The maximum atomic E-state index is 3.67. The van der Waals surface area contributed by atoms with Crippen molar-refractivity contribution in [3.63, 3.8) is 0 Å². The van der Waals surface area contributed by atoms with Crippen LogP contribution >= 0.6 is 0 Å². The zero-order valence-corrected chi connectivity index (χ0v) is 12.6. The fourth-order valence-electron chi connectivity index (χ4n) is 4.77. The molecule has 2 heterocycles. The van der Waals surface area contributed by atoms with E-state index in [0.717, 1.165) is 24.7 Å². The summed E-state index contributed by atoms with van der Waals surface area (Å²) in [4.78, 5) is 2.76. The summed E-state index contributed by atoms with van der Waals surface area (Å²) in [6.45, 7) is 3.34. The quantitative estimate of drug-likeness (QED) is 0.906. The molecule has 3 aliphatic rings. The minimum Gasteiger partial charge on any atom is -0.365 e. The molecule has 1 aromatic rings. The van der Waals surface area contributed by atoms with Gasteiger partial charge < -0.3 is 10.2 Å². The second-order valence-corrected chi connectivity index (χ2v) is 6.82. The van der Waals surface area contributed by atoms with Crippen LogP contribution in [-0.2, 0) is 12.8 Å². The Labute approximate surface area is 122 Å². The van der Waals surface area contributed by atoms with Gasteiger partial charge in [-0.25, -0.2) is 0 Å². The highest BCUT2D eigenvalue weighted by Crippen LogP contribution is 2.40. The highest BCUT2D eigenvalue weighted by Gasteiger charge is 2.40. The van der Waals surface area contributed by atoms with Crippen molar-refractivity contribution in [2.45, 2.75) is 70.0 Å². The number of nitrogens with zero attached hydrogens (tertiary/aromatic N) is 1. The molecule has 4 rings (SSSR count). The molecule has 2 aliphatic heterocycles. The topological polar surface area (TPSA) is 15.3 Å². The van der Waals surface area contributed by atoms with Gasteiger partial charge in [-0.2, -0.15) is 0 Å². The molecule has 0 saturated carbocycles. The molecule has 2 unspecified atom stereocenters. The Morgan fingerprint density at radius 3 is 2.60 bits per heavy atom. The van der Waals surface area contributed by atoms with Gasteiger partial charge in [0.2, 0.25) is 0 Å². The van der Waals surface area contributed by atoms with Gasteiger partial charge in [-0.05, 0) is 74.8 Å². The highest BCUT2D eigenvalue weighted by molar-refractivity contribution is 5.55. The van der Waals surface area contributed by atoms with Crippen molar-refractivity contribution in [3.05, 3.63) is 29.3 Å². The minimum absolute atomic E-state index is 0.753. The molecule has 1 N–H and O–H groups in total. The first-order valence-electron chi connectivity index (χ1n) is 8.48. The standard InChI is InChI=1S/C18H26N2/c1-2-19-15-11-17-8-9-18(12-15)20(17)16-7-6-13-4-3-5-14(13)10-16/h6-7,10,15,17-19H,2-5,8-9,11-12H2,1H3. The van der Waals surface area contributed by atoms with Crippen molar-refractivity contribution in [1.82, 2.24) is 5.32 Å². The van der Waals surface area contributed by atoms with E-state index in [-0.39, 0.29) is 0 Å². The van der Waals surface area contributed by atoms with Crippen LogP contribution in [0.15, 0.2) is 18.2 Å². The van der Waals surface area contributed by atoms with E-state index in [4.69, 9.17) is 0 Å². The van der Waals surface area contributed by atoms with Gasteiger partial charge in [-0.3, -0.25) is 0 Å². The molecule has 0 radical (unpaired) electrons. The molecule has 1 aliphatic carbocycles. The first-order valence-corrected chi connectivity index (χ1v) is 8.48. The Morgan fingerprint density at radius 1 is 1.10 bits per heavy atom. The van der Waals surface area contributed by atoms with E-state index in [1.54, 1.807) is 11.1 Å². The average molecular weight is 270 g/mol. The lowest BCUT2D eigenvalue weighted by atomic mass is 9.96. The summed E-state index contributed by atoms with van der Waals surface area (Å²) in [5.74, 6) is 0. The first-order chi connectivity index (χ1) is 9.85. The third-order valence-electron chi connectivity index (χ3n) is 5.61. The Morgan fingerprint density at radius 2 is 1.85 bits per heavy atom. The van der Waals surface area contributed by atoms with Gasteiger partial charge in [0.15, 0.2) is 0 Å². The summed E-state index contributed by atoms with van der Waals surface area (Å²) in [6, 6.07) is 9.59. The summed E-state index contributed by atoms with van der Waals surface area (Å²) in [7, 11) is 0. The number of hydrogen-bond donors (Lipinski definition) is 1. The molecule has 2 heteroatoms. The van der Waals surface area contributed by atoms with Gasteiger partial charge >= 0.3 is 0 Å². The summed E-state index contributed by atoms with van der Waals surface area (Å²) in [6.07, 6.45) is 9.40. The molecule has 0 spiro atoms. The Kier molecular flexibility index (Phi) is 3.22. The van der Waals surface area contributed by atoms with E-state index in [2.05, 4.69) is 35.3 Å². The molecule has 2 atom stereocenters. The first kappa shape index (κ1) is 12.7. The number of nitrogens with one attached hydrogen (secondary N) is 1. The predicted molar refractivity (Wildman–Crippen MR) is 84.5 cm³/mol. The maximum absolute atomic E-state index is 3.67. The Balaban J connectivity index is 1.57. The molecule has 2 nitrogen and oxygen atoms in total. The monoisotopic (exact) mass is 270 g/mol. The van der Waals surface area contributed by atoms with Crippen LogP contribution in [0.5, 0.6) is 0 Å². The molecule has 0 amide bonds. The van der Waals surface area contributed by atoms with Gasteiger partial charge in [-0.15, -0.1) is 0 Å². The van der Waals surface area contributed by atoms with E-state index in [1.165, 1.54) is 50.6 Å². The van der Waals surface area contributed by atoms with Crippen molar-refractivity contribution < 1.29 is 0 Å². The van der Waals surface area contributed by atoms with E-state index in [0.29, 0.717) is 0 Å². The number of fused-ring (bicyclic) bond motifs is 3. The predicted octanol–water partition coefficient (Wildman–Crippen LogP) is 3.28. The van der Waals surface area contributed by atoms with Crippen LogP contribution in [0.1, 0.15) is 50.2 Å². The zero-order valence-electron chi connectivity index (χ0n) is 12.6. The molecule has 2 saturated heterocycles. The molecule has 2 bridgehead atoms. The number of benzene rings is 1. The summed E-state index contributed by atoms with van der Waals surface area (Å²) < 4.78 is 0. The number of anilines is 1.